The highest BCUT2D eigenvalue weighted by molar-refractivity contribution is 5.04. The molecule has 1 heterocycles. The lowest BCUT2D eigenvalue weighted by Gasteiger charge is -2.10. The zero-order chi connectivity index (χ0) is 13.5. The maximum absolute atomic E-state index is 11.9. The molecule has 0 aromatic carbocycles. The molecule has 0 saturated carbocycles. The van der Waals surface area contributed by atoms with Gasteiger partial charge in [0.2, 0.25) is 0 Å². The molecule has 6 heteroatoms. The summed E-state index contributed by atoms with van der Waals surface area (Å²) < 4.78 is 12.4. The van der Waals surface area contributed by atoms with Crippen molar-refractivity contribution in [1.82, 2.24) is 9.13 Å². The third-order valence-corrected chi connectivity index (χ3v) is 2.32. The second-order valence-electron chi connectivity index (χ2n) is 3.69. The van der Waals surface area contributed by atoms with Crippen LogP contribution in [0.1, 0.15) is 5.56 Å². The van der Waals surface area contributed by atoms with Crippen molar-refractivity contribution in [2.45, 2.75) is 20.2 Å². The molecule has 0 saturated heterocycles. The predicted molar refractivity (Wildman–Crippen MR) is 66.4 cm³/mol. The van der Waals surface area contributed by atoms with Crippen LogP contribution in [0.4, 0.5) is 0 Å². The Morgan fingerprint density at radius 3 is 2.72 bits per heavy atom. The SMILES string of the molecule is C#CCn1c(=O)c(C)cn(COCCOC)c1=O. The first-order chi connectivity index (χ1) is 8.61. The third kappa shape index (κ3) is 3.32. The second kappa shape index (κ2) is 6.79. The molecule has 0 aliphatic heterocycles. The number of methoxy groups -OCH3 is 1. The molecule has 0 fully saturated rings. The number of terminal acetylenes is 1. The Labute approximate surface area is 105 Å². The van der Waals surface area contributed by atoms with Gasteiger partial charge in [-0.1, -0.05) is 5.92 Å². The number of aryl methyl sites for hydroxylation is 1. The average Bonchev–Trinajstić information content (AvgIpc) is 2.36. The molecule has 0 aliphatic rings. The predicted octanol–water partition coefficient (Wildman–Crippen LogP) is -0.428. The Balaban J connectivity index is 2.97. The van der Waals surface area contributed by atoms with Gasteiger partial charge in [0.1, 0.15) is 6.73 Å². The van der Waals surface area contributed by atoms with Crippen molar-refractivity contribution in [3.8, 4) is 12.3 Å². The minimum Gasteiger partial charge on any atom is -0.382 e. The number of hydrogen-bond acceptors (Lipinski definition) is 4. The van der Waals surface area contributed by atoms with Crippen molar-refractivity contribution in [2.75, 3.05) is 20.3 Å². The van der Waals surface area contributed by atoms with Crippen LogP contribution in [-0.4, -0.2) is 29.5 Å². The average molecular weight is 252 g/mol. The van der Waals surface area contributed by atoms with E-state index in [1.807, 2.05) is 0 Å². The monoisotopic (exact) mass is 252 g/mol. The summed E-state index contributed by atoms with van der Waals surface area (Å²) in [6, 6.07) is 0. The number of aromatic nitrogens is 2. The van der Waals surface area contributed by atoms with Crippen molar-refractivity contribution < 1.29 is 9.47 Å². The van der Waals surface area contributed by atoms with Crippen molar-refractivity contribution in [2.24, 2.45) is 0 Å². The van der Waals surface area contributed by atoms with Gasteiger partial charge in [-0.3, -0.25) is 9.36 Å². The maximum atomic E-state index is 11.9. The van der Waals surface area contributed by atoms with Crippen LogP contribution >= 0.6 is 0 Å². The summed E-state index contributed by atoms with van der Waals surface area (Å²) in [5.74, 6) is 2.29. The zero-order valence-corrected chi connectivity index (χ0v) is 10.5. The Hall–Kier alpha value is -1.84. The minimum absolute atomic E-state index is 0.0442. The van der Waals surface area contributed by atoms with Gasteiger partial charge in [0.05, 0.1) is 19.8 Å². The molecule has 0 aliphatic carbocycles. The molecule has 18 heavy (non-hydrogen) atoms. The van der Waals surface area contributed by atoms with Gasteiger partial charge in [0.15, 0.2) is 0 Å². The molecular formula is C12H16N2O4. The quantitative estimate of drug-likeness (QED) is 0.509. The summed E-state index contributed by atoms with van der Waals surface area (Å²) in [5, 5.41) is 0. The van der Waals surface area contributed by atoms with Crippen molar-refractivity contribution in [3.05, 3.63) is 32.6 Å². The van der Waals surface area contributed by atoms with E-state index in [1.54, 1.807) is 14.0 Å². The molecule has 1 rings (SSSR count). The van der Waals surface area contributed by atoms with E-state index >= 15 is 0 Å². The lowest BCUT2D eigenvalue weighted by atomic mass is 10.4. The smallest absolute Gasteiger partial charge is 0.333 e. The van der Waals surface area contributed by atoms with E-state index in [0.717, 1.165) is 4.57 Å². The van der Waals surface area contributed by atoms with Gasteiger partial charge in [0, 0.05) is 18.9 Å². The Kier molecular flexibility index (Phi) is 5.36. The van der Waals surface area contributed by atoms with Crippen LogP contribution in [0.25, 0.3) is 0 Å². The second-order valence-corrected chi connectivity index (χ2v) is 3.69. The fraction of sp³-hybridized carbons (Fsp3) is 0.500. The van der Waals surface area contributed by atoms with Crippen LogP contribution in [0.5, 0.6) is 0 Å². The topological polar surface area (TPSA) is 62.5 Å². The largest absolute Gasteiger partial charge is 0.382 e. The molecule has 0 unspecified atom stereocenters. The summed E-state index contributed by atoms with van der Waals surface area (Å²) in [7, 11) is 1.56. The van der Waals surface area contributed by atoms with Crippen LogP contribution in [0.15, 0.2) is 15.8 Å². The number of nitrogens with zero attached hydrogens (tertiary/aromatic N) is 2. The Bertz CT molecular complexity index is 551. The van der Waals surface area contributed by atoms with E-state index in [1.165, 1.54) is 10.8 Å². The first kappa shape index (κ1) is 14.2. The van der Waals surface area contributed by atoms with Gasteiger partial charge in [0.25, 0.3) is 5.56 Å². The van der Waals surface area contributed by atoms with Gasteiger partial charge >= 0.3 is 5.69 Å². The molecule has 0 radical (unpaired) electrons. The van der Waals surface area contributed by atoms with E-state index in [2.05, 4.69) is 5.92 Å². The fourth-order valence-corrected chi connectivity index (χ4v) is 1.43. The van der Waals surface area contributed by atoms with Gasteiger partial charge in [-0.2, -0.15) is 0 Å². The van der Waals surface area contributed by atoms with Gasteiger partial charge in [-0.15, -0.1) is 6.42 Å². The number of rotatable bonds is 6. The first-order valence-corrected chi connectivity index (χ1v) is 5.42. The van der Waals surface area contributed by atoms with Crippen LogP contribution in [0.3, 0.4) is 0 Å². The Morgan fingerprint density at radius 2 is 2.11 bits per heavy atom. The summed E-state index contributed by atoms with van der Waals surface area (Å²) in [6.07, 6.45) is 6.60. The van der Waals surface area contributed by atoms with Crippen LogP contribution in [0.2, 0.25) is 0 Å². The lowest BCUT2D eigenvalue weighted by Crippen LogP contribution is -2.40. The molecule has 98 valence electrons. The zero-order valence-electron chi connectivity index (χ0n) is 10.5. The summed E-state index contributed by atoms with van der Waals surface area (Å²) in [5.41, 5.74) is -0.396. The molecule has 0 spiro atoms. The number of ether oxygens (including phenoxy) is 2. The van der Waals surface area contributed by atoms with Crippen LogP contribution in [-0.2, 0) is 22.7 Å². The van der Waals surface area contributed by atoms with Crippen LogP contribution < -0.4 is 11.2 Å². The van der Waals surface area contributed by atoms with Crippen LogP contribution in [0, 0.1) is 19.3 Å². The molecule has 6 nitrogen and oxygen atoms in total. The van der Waals surface area contributed by atoms with Gasteiger partial charge < -0.3 is 9.47 Å². The third-order valence-electron chi connectivity index (χ3n) is 2.32. The van der Waals surface area contributed by atoms with Gasteiger partial charge in [-0.25, -0.2) is 9.36 Å². The fourth-order valence-electron chi connectivity index (χ4n) is 1.43. The maximum Gasteiger partial charge on any atom is 0.333 e. The normalized spacial score (nSPS) is 10.3. The molecule has 0 amide bonds. The van der Waals surface area contributed by atoms with E-state index in [-0.39, 0.29) is 18.8 Å². The van der Waals surface area contributed by atoms with E-state index < -0.39 is 5.69 Å². The lowest BCUT2D eigenvalue weighted by molar-refractivity contribution is 0.0314. The van der Waals surface area contributed by atoms with Crippen molar-refractivity contribution in [1.29, 1.82) is 0 Å². The van der Waals surface area contributed by atoms with E-state index in [9.17, 15) is 9.59 Å². The highest BCUT2D eigenvalue weighted by Crippen LogP contribution is 1.88. The molecule has 0 bridgehead atoms. The highest BCUT2D eigenvalue weighted by atomic mass is 16.5. The summed E-state index contributed by atoms with van der Waals surface area (Å²) in [6.45, 7) is 2.46. The minimum atomic E-state index is -0.471. The first-order valence-electron chi connectivity index (χ1n) is 5.42. The molecule has 0 atom stereocenters. The number of hydrogen-bond donors (Lipinski definition) is 0. The van der Waals surface area contributed by atoms with Crippen molar-refractivity contribution in [3.63, 3.8) is 0 Å². The standard InChI is InChI=1S/C12H16N2O4/c1-4-5-14-11(15)10(2)8-13(12(14)16)9-18-7-6-17-3/h1,8H,5-7,9H2,2-3H3. The Morgan fingerprint density at radius 1 is 1.39 bits per heavy atom. The highest BCUT2D eigenvalue weighted by Gasteiger charge is 2.07. The molecule has 1 aromatic heterocycles. The van der Waals surface area contributed by atoms with E-state index in [4.69, 9.17) is 15.9 Å². The summed E-state index contributed by atoms with van der Waals surface area (Å²) in [4.78, 5) is 23.6. The van der Waals surface area contributed by atoms with Crippen molar-refractivity contribution >= 4 is 0 Å². The van der Waals surface area contributed by atoms with Gasteiger partial charge in [-0.05, 0) is 6.92 Å². The molecule has 0 N–H and O–H groups in total. The van der Waals surface area contributed by atoms with E-state index in [0.29, 0.717) is 18.8 Å². The summed E-state index contributed by atoms with van der Waals surface area (Å²) >= 11 is 0. The molecular weight excluding hydrogens is 236 g/mol. The molecule has 1 aromatic rings.